The Morgan fingerprint density at radius 3 is 2.44 bits per heavy atom. The number of hydrogen-bond donors (Lipinski definition) is 1. The highest BCUT2D eigenvalue weighted by molar-refractivity contribution is 5.55. The summed E-state index contributed by atoms with van der Waals surface area (Å²) in [6.07, 6.45) is 4.75. The molecule has 0 saturated carbocycles. The topological polar surface area (TPSA) is 45.2 Å². The molecule has 0 radical (unpaired) electrons. The minimum atomic E-state index is -0.507. The molecule has 1 atom stereocenters. The highest BCUT2D eigenvalue weighted by Crippen LogP contribution is 2.28. The van der Waals surface area contributed by atoms with Crippen LogP contribution in [0.15, 0.2) is 24.3 Å². The largest absolute Gasteiger partial charge is 0.493 e. The van der Waals surface area contributed by atoms with E-state index in [4.69, 9.17) is 9.47 Å². The molecule has 0 amide bonds. The molecule has 27 heavy (non-hydrogen) atoms. The first-order chi connectivity index (χ1) is 13.0. The maximum Gasteiger partial charge on any atom is 0.161 e. The van der Waals surface area contributed by atoms with Crippen molar-refractivity contribution in [2.24, 2.45) is 5.92 Å². The maximum atomic E-state index is 10.4. The van der Waals surface area contributed by atoms with Gasteiger partial charge in [-0.05, 0) is 43.5 Å². The van der Waals surface area contributed by atoms with Gasteiger partial charge in [-0.25, -0.2) is 0 Å². The summed E-state index contributed by atoms with van der Waals surface area (Å²) in [5.41, 5.74) is 1.07. The molecule has 1 aromatic rings. The molecule has 0 spiro atoms. The second kappa shape index (κ2) is 11.3. The fourth-order valence-corrected chi connectivity index (χ4v) is 3.27. The second-order valence-corrected chi connectivity index (χ2v) is 7.70. The molecule has 1 N–H and O–H groups in total. The molecule has 152 valence electrons. The summed E-state index contributed by atoms with van der Waals surface area (Å²) in [6.45, 7) is 12.8. The summed E-state index contributed by atoms with van der Waals surface area (Å²) in [6, 6.07) is 5.83. The van der Waals surface area contributed by atoms with E-state index in [1.165, 1.54) is 13.0 Å². The quantitative estimate of drug-likeness (QED) is 0.680. The molecule has 5 heteroatoms. The van der Waals surface area contributed by atoms with Gasteiger partial charge in [0.15, 0.2) is 11.5 Å². The number of β-amino-alcohol motifs (C(OH)–C–C–N with tert-alkyl or cyclic N) is 1. The van der Waals surface area contributed by atoms with E-state index >= 15 is 0 Å². The zero-order valence-electron chi connectivity index (χ0n) is 17.4. The molecule has 1 fully saturated rings. The fourth-order valence-electron chi connectivity index (χ4n) is 3.27. The van der Waals surface area contributed by atoms with Gasteiger partial charge < -0.3 is 19.5 Å². The van der Waals surface area contributed by atoms with E-state index in [0.29, 0.717) is 18.0 Å². The van der Waals surface area contributed by atoms with Gasteiger partial charge in [0.2, 0.25) is 0 Å². The normalized spacial score (nSPS) is 17.6. The summed E-state index contributed by atoms with van der Waals surface area (Å²) < 4.78 is 11.2. The van der Waals surface area contributed by atoms with Gasteiger partial charge in [0.25, 0.3) is 0 Å². The highest BCUT2D eigenvalue weighted by atomic mass is 16.5. The maximum absolute atomic E-state index is 10.4. The summed E-state index contributed by atoms with van der Waals surface area (Å²) in [4.78, 5) is 4.85. The van der Waals surface area contributed by atoms with Crippen molar-refractivity contribution in [3.8, 4) is 11.5 Å². The Morgan fingerprint density at radius 2 is 1.81 bits per heavy atom. The van der Waals surface area contributed by atoms with E-state index in [1.807, 2.05) is 37.3 Å². The van der Waals surface area contributed by atoms with Crippen LogP contribution < -0.4 is 9.47 Å². The van der Waals surface area contributed by atoms with E-state index < -0.39 is 6.10 Å². The van der Waals surface area contributed by atoms with Crippen LogP contribution in [0, 0.1) is 5.92 Å². The summed E-state index contributed by atoms with van der Waals surface area (Å²) in [7, 11) is 1.64. The zero-order valence-corrected chi connectivity index (χ0v) is 17.4. The van der Waals surface area contributed by atoms with E-state index in [9.17, 15) is 5.11 Å². The van der Waals surface area contributed by atoms with Crippen LogP contribution in [-0.4, -0.2) is 74.0 Å². The first-order valence-corrected chi connectivity index (χ1v) is 10.1. The lowest BCUT2D eigenvalue weighted by atomic mass is 10.1. The third kappa shape index (κ3) is 7.53. The molecular weight excluding hydrogens is 340 g/mol. The minimum Gasteiger partial charge on any atom is -0.493 e. The summed E-state index contributed by atoms with van der Waals surface area (Å²) >= 11 is 0. The van der Waals surface area contributed by atoms with Crippen molar-refractivity contribution in [2.75, 3.05) is 53.0 Å². The van der Waals surface area contributed by atoms with Crippen molar-refractivity contribution in [1.82, 2.24) is 9.80 Å². The van der Waals surface area contributed by atoms with Gasteiger partial charge in [-0.3, -0.25) is 4.90 Å². The number of piperazine rings is 1. The van der Waals surface area contributed by atoms with Gasteiger partial charge in [-0.2, -0.15) is 0 Å². The first-order valence-electron chi connectivity index (χ1n) is 10.1. The predicted octanol–water partition coefficient (Wildman–Crippen LogP) is 3.13. The van der Waals surface area contributed by atoms with Crippen LogP contribution in [-0.2, 0) is 0 Å². The summed E-state index contributed by atoms with van der Waals surface area (Å²) in [5, 5.41) is 10.4. The third-order valence-electron chi connectivity index (χ3n) is 4.93. The molecule has 0 aromatic heterocycles. The Morgan fingerprint density at radius 1 is 1.11 bits per heavy atom. The number of benzene rings is 1. The average molecular weight is 377 g/mol. The SMILES string of the molecule is C/C=C/c1ccc(OCC(O)CN2CCN(CCC(C)C)CC2)c(OC)c1. The van der Waals surface area contributed by atoms with Gasteiger partial charge in [0.1, 0.15) is 12.7 Å². The van der Waals surface area contributed by atoms with Gasteiger partial charge in [-0.1, -0.05) is 32.1 Å². The zero-order chi connectivity index (χ0) is 19.6. The van der Waals surface area contributed by atoms with Crippen molar-refractivity contribution in [2.45, 2.75) is 33.3 Å². The minimum absolute atomic E-state index is 0.271. The van der Waals surface area contributed by atoms with Crippen LogP contribution in [0.5, 0.6) is 11.5 Å². The van der Waals surface area contributed by atoms with Crippen molar-refractivity contribution in [3.05, 3.63) is 29.8 Å². The highest BCUT2D eigenvalue weighted by Gasteiger charge is 2.19. The smallest absolute Gasteiger partial charge is 0.161 e. The molecular formula is C22H36N2O3. The molecule has 2 rings (SSSR count). The number of ether oxygens (including phenoxy) is 2. The van der Waals surface area contributed by atoms with Crippen molar-refractivity contribution >= 4 is 6.08 Å². The number of rotatable bonds is 10. The van der Waals surface area contributed by atoms with Gasteiger partial charge >= 0.3 is 0 Å². The Balaban J connectivity index is 1.74. The van der Waals surface area contributed by atoms with E-state index in [0.717, 1.165) is 37.7 Å². The Kier molecular flexibility index (Phi) is 9.11. The van der Waals surface area contributed by atoms with Gasteiger partial charge in [-0.15, -0.1) is 0 Å². The average Bonchev–Trinajstić information content (AvgIpc) is 2.66. The lowest BCUT2D eigenvalue weighted by Crippen LogP contribution is -2.49. The van der Waals surface area contributed by atoms with E-state index in [1.54, 1.807) is 7.11 Å². The predicted molar refractivity (Wildman–Crippen MR) is 112 cm³/mol. The number of methoxy groups -OCH3 is 1. The molecule has 1 aromatic carbocycles. The molecule has 0 aliphatic carbocycles. The van der Waals surface area contributed by atoms with Crippen molar-refractivity contribution in [3.63, 3.8) is 0 Å². The number of aliphatic hydroxyl groups excluding tert-OH is 1. The third-order valence-corrected chi connectivity index (χ3v) is 4.93. The summed E-state index contributed by atoms with van der Waals surface area (Å²) in [5.74, 6) is 2.12. The van der Waals surface area contributed by atoms with Gasteiger partial charge in [0.05, 0.1) is 7.11 Å². The Hall–Kier alpha value is -1.56. The molecule has 1 aliphatic rings. The molecule has 5 nitrogen and oxygen atoms in total. The van der Waals surface area contributed by atoms with Crippen molar-refractivity contribution in [1.29, 1.82) is 0 Å². The number of hydrogen-bond acceptors (Lipinski definition) is 5. The molecule has 1 aliphatic heterocycles. The van der Waals surface area contributed by atoms with Crippen LogP contribution in [0.25, 0.3) is 6.08 Å². The fraction of sp³-hybridized carbons (Fsp3) is 0.636. The number of allylic oxidation sites excluding steroid dienone is 1. The number of nitrogens with zero attached hydrogens (tertiary/aromatic N) is 2. The molecule has 1 heterocycles. The van der Waals surface area contributed by atoms with Crippen molar-refractivity contribution < 1.29 is 14.6 Å². The Labute approximate surface area is 164 Å². The molecule has 1 saturated heterocycles. The molecule has 1 unspecified atom stereocenters. The molecule has 0 bridgehead atoms. The lowest BCUT2D eigenvalue weighted by Gasteiger charge is -2.35. The van der Waals surface area contributed by atoms with Gasteiger partial charge in [0, 0.05) is 32.7 Å². The van der Waals surface area contributed by atoms with Crippen LogP contribution >= 0.6 is 0 Å². The standard InChI is InChI=1S/C22H36N2O3/c1-5-6-19-7-8-21(22(15-19)26-4)27-17-20(25)16-24-13-11-23(12-14-24)10-9-18(2)3/h5-8,15,18,20,25H,9-14,16-17H2,1-4H3/b6-5+. The second-order valence-electron chi connectivity index (χ2n) is 7.70. The van der Waals surface area contributed by atoms with E-state index in [-0.39, 0.29) is 6.61 Å². The lowest BCUT2D eigenvalue weighted by molar-refractivity contribution is 0.0447. The number of aliphatic hydroxyl groups is 1. The van der Waals surface area contributed by atoms with Crippen LogP contribution in [0.1, 0.15) is 32.8 Å². The van der Waals surface area contributed by atoms with Crippen LogP contribution in [0.3, 0.4) is 0 Å². The van der Waals surface area contributed by atoms with Crippen LogP contribution in [0.2, 0.25) is 0 Å². The Bertz CT molecular complexity index is 581. The van der Waals surface area contributed by atoms with Crippen LogP contribution in [0.4, 0.5) is 0 Å². The first kappa shape index (κ1) is 21.7. The van der Waals surface area contributed by atoms with E-state index in [2.05, 4.69) is 23.6 Å². The monoisotopic (exact) mass is 376 g/mol.